The smallest absolute Gasteiger partial charge is 0.264 e. The molecule has 2 fully saturated rings. The van der Waals surface area contributed by atoms with Crippen LogP contribution in [-0.2, 0) is 24.7 Å². The number of amides is 3. The van der Waals surface area contributed by atoms with Crippen molar-refractivity contribution >= 4 is 43.2 Å². The van der Waals surface area contributed by atoms with Gasteiger partial charge in [0.1, 0.15) is 0 Å². The van der Waals surface area contributed by atoms with Crippen LogP contribution in [0, 0.1) is 5.92 Å². The molecule has 6 rings (SSSR count). The Hall–Kier alpha value is -3.41. The van der Waals surface area contributed by atoms with Crippen molar-refractivity contribution in [2.45, 2.75) is 75.4 Å². The van der Waals surface area contributed by atoms with E-state index < -0.39 is 31.6 Å². The van der Waals surface area contributed by atoms with Gasteiger partial charge >= 0.3 is 0 Å². The molecule has 2 aromatic rings. The molecule has 0 saturated carbocycles. The highest BCUT2D eigenvalue weighted by atomic mass is 28.4. The summed E-state index contributed by atoms with van der Waals surface area (Å²) < 4.78 is 22.8. The van der Waals surface area contributed by atoms with Crippen molar-refractivity contribution in [3.8, 4) is 0 Å². The van der Waals surface area contributed by atoms with E-state index in [1.165, 1.54) is 9.91 Å². The quantitative estimate of drug-likeness (QED) is 0.389. The monoisotopic (exact) mass is 606 g/mol. The van der Waals surface area contributed by atoms with Gasteiger partial charge in [-0.25, -0.2) is 5.01 Å². The van der Waals surface area contributed by atoms with Gasteiger partial charge in [0.2, 0.25) is 20.2 Å². The van der Waals surface area contributed by atoms with Crippen molar-refractivity contribution in [3.05, 3.63) is 59.7 Å². The molecule has 9 nitrogen and oxygen atoms in total. The third-order valence-corrected chi connectivity index (χ3v) is 12.2. The Balaban J connectivity index is 1.39. The number of hydrogen-bond donors (Lipinski definition) is 1. The van der Waals surface area contributed by atoms with Crippen LogP contribution in [-0.4, -0.2) is 74.2 Å². The molecule has 0 aromatic heterocycles. The molecule has 1 spiro atoms. The lowest BCUT2D eigenvalue weighted by Gasteiger charge is -2.31. The summed E-state index contributed by atoms with van der Waals surface area (Å²) >= 11 is 0. The van der Waals surface area contributed by atoms with E-state index >= 15 is 4.11 Å². The number of aliphatic hydroxyl groups excluding tert-OH is 1. The van der Waals surface area contributed by atoms with Crippen LogP contribution in [0.1, 0.15) is 50.2 Å². The average Bonchev–Trinajstić information content (AvgIpc) is 3.64. The standard InChI is InChI=1S/C32H39FN4O5Si/c1-20-30(43(3,4)33)27(18-29(40)36-16-8-11-23(36)19-38)42-32(20)24-17-22(12-14-26(24)35(2)31(32)41)37-28(39)15-13-25(34-37)21-9-6-5-7-10-21/h5-7,9-10,12,14,17,20,23,27,30,38H,8,11,13,15-16,18-19H2,1-4H3/t20-,23-,27+,30-,32+/m0/s1. The van der Waals surface area contributed by atoms with Crippen molar-refractivity contribution < 1.29 is 28.3 Å². The summed E-state index contributed by atoms with van der Waals surface area (Å²) in [6.07, 6.45) is 1.48. The van der Waals surface area contributed by atoms with Crippen LogP contribution < -0.4 is 9.91 Å². The fraction of sp³-hybridized carbons (Fsp3) is 0.500. The lowest BCUT2D eigenvalue weighted by molar-refractivity contribution is -0.149. The van der Waals surface area contributed by atoms with E-state index in [-0.39, 0.29) is 36.8 Å². The minimum Gasteiger partial charge on any atom is -0.394 e. The summed E-state index contributed by atoms with van der Waals surface area (Å²) in [5, 5.41) is 15.9. The Morgan fingerprint density at radius 2 is 1.91 bits per heavy atom. The second kappa shape index (κ2) is 10.9. The topological polar surface area (TPSA) is 103 Å². The fourth-order valence-corrected chi connectivity index (χ4v) is 10.2. The summed E-state index contributed by atoms with van der Waals surface area (Å²) in [4.78, 5) is 43.9. The van der Waals surface area contributed by atoms with Crippen molar-refractivity contribution in [3.63, 3.8) is 0 Å². The molecular formula is C32H39FN4O5Si. The number of nitrogens with zero attached hydrogens (tertiary/aromatic N) is 4. The molecular weight excluding hydrogens is 567 g/mol. The molecule has 0 aliphatic carbocycles. The first-order valence-electron chi connectivity index (χ1n) is 15.1. The van der Waals surface area contributed by atoms with Crippen LogP contribution in [0.5, 0.6) is 0 Å². The number of carbonyl (C=O) groups is 3. The molecule has 3 amide bonds. The van der Waals surface area contributed by atoms with Crippen molar-refractivity contribution in [2.24, 2.45) is 11.0 Å². The molecule has 4 heterocycles. The minimum atomic E-state index is -3.45. The number of ether oxygens (including phenoxy) is 1. The highest BCUT2D eigenvalue weighted by Gasteiger charge is 2.66. The van der Waals surface area contributed by atoms with E-state index in [2.05, 4.69) is 0 Å². The number of halogens is 1. The maximum absolute atomic E-state index is 16.1. The van der Waals surface area contributed by atoms with Gasteiger partial charge in [0.25, 0.3) is 5.91 Å². The number of likely N-dealkylation sites (tertiary alicyclic amines) is 1. The summed E-state index contributed by atoms with van der Waals surface area (Å²) in [6, 6.07) is 14.8. The van der Waals surface area contributed by atoms with Gasteiger partial charge in [0.05, 0.1) is 42.3 Å². The Morgan fingerprint density at radius 3 is 2.60 bits per heavy atom. The van der Waals surface area contributed by atoms with E-state index in [4.69, 9.17) is 9.84 Å². The zero-order valence-electron chi connectivity index (χ0n) is 25.1. The number of benzene rings is 2. The van der Waals surface area contributed by atoms with Gasteiger partial charge in [-0.2, -0.15) is 5.10 Å². The zero-order valence-corrected chi connectivity index (χ0v) is 26.1. The van der Waals surface area contributed by atoms with Gasteiger partial charge < -0.3 is 23.8 Å². The van der Waals surface area contributed by atoms with Crippen LogP contribution in [0.25, 0.3) is 0 Å². The predicted octanol–water partition coefficient (Wildman–Crippen LogP) is 4.34. The molecule has 0 radical (unpaired) electrons. The molecule has 2 aromatic carbocycles. The van der Waals surface area contributed by atoms with Crippen LogP contribution in [0.15, 0.2) is 53.6 Å². The number of likely N-dealkylation sites (N-methyl/N-ethyl adjacent to an activating group) is 1. The SMILES string of the molecule is C[C@H]1[C@H]([Si](C)(C)F)[C@@H](CC(=O)N2CCC[C@H]2CO)O[C@]12C(=O)N(C)c1ccc(N3N=C(c4ccccc4)CCC3=O)cc12. The minimum absolute atomic E-state index is 0.0606. The van der Waals surface area contributed by atoms with E-state index in [0.717, 1.165) is 24.1 Å². The molecule has 11 heteroatoms. The molecule has 228 valence electrons. The van der Waals surface area contributed by atoms with E-state index in [0.29, 0.717) is 36.3 Å². The Morgan fingerprint density at radius 1 is 1.16 bits per heavy atom. The largest absolute Gasteiger partial charge is 0.394 e. The van der Waals surface area contributed by atoms with Crippen LogP contribution >= 0.6 is 0 Å². The Labute approximate surface area is 252 Å². The average molecular weight is 607 g/mol. The Bertz CT molecular complexity index is 1480. The van der Waals surface area contributed by atoms with E-state index in [1.807, 2.05) is 37.3 Å². The van der Waals surface area contributed by atoms with Gasteiger partial charge in [0, 0.05) is 43.5 Å². The lowest BCUT2D eigenvalue weighted by atomic mass is 9.82. The van der Waals surface area contributed by atoms with Crippen molar-refractivity contribution in [1.82, 2.24) is 4.90 Å². The third-order valence-electron chi connectivity index (χ3n) is 9.74. The molecule has 1 N–H and O–H groups in total. The van der Waals surface area contributed by atoms with Gasteiger partial charge in [-0.3, -0.25) is 14.4 Å². The molecule has 43 heavy (non-hydrogen) atoms. The summed E-state index contributed by atoms with van der Waals surface area (Å²) in [6.45, 7) is 5.48. The fourth-order valence-electron chi connectivity index (χ4n) is 7.71. The van der Waals surface area contributed by atoms with Crippen molar-refractivity contribution in [2.75, 3.05) is 30.1 Å². The van der Waals surface area contributed by atoms with Crippen molar-refractivity contribution in [1.29, 1.82) is 0 Å². The predicted molar refractivity (Wildman–Crippen MR) is 164 cm³/mol. The van der Waals surface area contributed by atoms with Gasteiger partial charge in [-0.05, 0) is 49.7 Å². The molecule has 4 aliphatic rings. The van der Waals surface area contributed by atoms with E-state index in [1.54, 1.807) is 43.2 Å². The van der Waals surface area contributed by atoms with Crippen LogP contribution in [0.4, 0.5) is 15.5 Å². The molecule has 2 saturated heterocycles. The summed E-state index contributed by atoms with van der Waals surface area (Å²) in [5.74, 6) is -1.22. The number of hydrazone groups is 1. The lowest BCUT2D eigenvalue weighted by Crippen LogP contribution is -2.44. The normalized spacial score (nSPS) is 29.1. The first-order chi connectivity index (χ1) is 20.5. The van der Waals surface area contributed by atoms with Crippen LogP contribution in [0.3, 0.4) is 0 Å². The summed E-state index contributed by atoms with van der Waals surface area (Å²) in [7, 11) is -1.78. The van der Waals surface area contributed by atoms with Gasteiger partial charge in [-0.15, -0.1) is 0 Å². The van der Waals surface area contributed by atoms with Crippen LogP contribution in [0.2, 0.25) is 18.6 Å². The number of hydrogen-bond acceptors (Lipinski definition) is 6. The number of carbonyl (C=O) groups excluding carboxylic acids is 3. The third kappa shape index (κ3) is 4.81. The second-order valence-corrected chi connectivity index (χ2v) is 16.5. The van der Waals surface area contributed by atoms with Gasteiger partial charge in [0.15, 0.2) is 5.60 Å². The zero-order chi connectivity index (χ0) is 30.7. The highest BCUT2D eigenvalue weighted by Crippen LogP contribution is 2.60. The number of anilines is 2. The van der Waals surface area contributed by atoms with E-state index in [9.17, 15) is 19.5 Å². The maximum atomic E-state index is 16.1. The number of aliphatic hydroxyl groups is 1. The number of rotatable bonds is 6. The maximum Gasteiger partial charge on any atom is 0.264 e. The number of fused-ring (bicyclic) bond motifs is 2. The second-order valence-electron chi connectivity index (χ2n) is 12.7. The first kappa shape index (κ1) is 29.6. The Kier molecular flexibility index (Phi) is 7.54. The molecule has 0 bridgehead atoms. The molecule has 0 unspecified atom stereocenters. The first-order valence-corrected chi connectivity index (χ1v) is 18.1. The summed E-state index contributed by atoms with van der Waals surface area (Å²) in [5.41, 5.74) is 1.30. The van der Waals surface area contributed by atoms with Gasteiger partial charge in [-0.1, -0.05) is 37.3 Å². The highest BCUT2D eigenvalue weighted by molar-refractivity contribution is 6.72. The molecule has 4 aliphatic heterocycles. The molecule has 5 atom stereocenters.